The summed E-state index contributed by atoms with van der Waals surface area (Å²) in [7, 11) is 0. The normalized spacial score (nSPS) is 10.9. The first-order valence-electron chi connectivity index (χ1n) is 6.32. The van der Waals surface area contributed by atoms with Gasteiger partial charge in [-0.2, -0.15) is 0 Å². The Balaban J connectivity index is 2.24. The van der Waals surface area contributed by atoms with Gasteiger partial charge in [-0.25, -0.2) is 19.3 Å². The number of nitrogens with one attached hydrogen (secondary N) is 1. The van der Waals surface area contributed by atoms with Crippen molar-refractivity contribution in [3.05, 3.63) is 35.1 Å². The topological polar surface area (TPSA) is 50.7 Å². The fourth-order valence-electron chi connectivity index (χ4n) is 2.00. The summed E-state index contributed by atoms with van der Waals surface area (Å²) in [4.78, 5) is 14.9. The summed E-state index contributed by atoms with van der Waals surface area (Å²) in [6.45, 7) is 4.75. The molecule has 0 atom stereocenters. The molecule has 0 bridgehead atoms. The summed E-state index contributed by atoms with van der Waals surface area (Å²) in [6.07, 6.45) is 1.54. The molecular weight excluding hydrogens is 275 g/mol. The Morgan fingerprint density at radius 2 is 2.20 bits per heavy atom. The molecule has 3 aromatic rings. The molecule has 102 valence electrons. The smallest absolute Gasteiger partial charge is 0.184 e. The number of hydrogen-bond acceptors (Lipinski definition) is 5. The van der Waals surface area contributed by atoms with Crippen molar-refractivity contribution < 1.29 is 4.39 Å². The second kappa shape index (κ2) is 5.13. The van der Waals surface area contributed by atoms with E-state index in [4.69, 9.17) is 0 Å². The first-order chi connectivity index (χ1) is 9.69. The highest BCUT2D eigenvalue weighted by molar-refractivity contribution is 7.18. The van der Waals surface area contributed by atoms with Crippen molar-refractivity contribution in [2.45, 2.75) is 13.8 Å². The lowest BCUT2D eigenvalue weighted by molar-refractivity contribution is 0.624. The van der Waals surface area contributed by atoms with Crippen molar-refractivity contribution in [3.63, 3.8) is 0 Å². The van der Waals surface area contributed by atoms with E-state index in [1.54, 1.807) is 23.6 Å². The third kappa shape index (κ3) is 2.22. The maximum atomic E-state index is 13.8. The van der Waals surface area contributed by atoms with Crippen LogP contribution in [0.2, 0.25) is 0 Å². The zero-order valence-corrected chi connectivity index (χ0v) is 12.0. The Hall–Kier alpha value is -2.08. The van der Waals surface area contributed by atoms with Gasteiger partial charge in [0.2, 0.25) is 0 Å². The van der Waals surface area contributed by atoms with Gasteiger partial charge >= 0.3 is 0 Å². The fourth-order valence-corrected chi connectivity index (χ4v) is 2.88. The van der Waals surface area contributed by atoms with Crippen LogP contribution in [0.1, 0.15) is 11.8 Å². The number of aromatic nitrogens is 3. The monoisotopic (exact) mass is 288 g/mol. The number of pyridine rings is 1. The average molecular weight is 288 g/mol. The third-order valence-corrected chi connectivity index (χ3v) is 3.77. The van der Waals surface area contributed by atoms with Gasteiger partial charge in [0.05, 0.1) is 5.39 Å². The quantitative estimate of drug-likeness (QED) is 0.799. The summed E-state index contributed by atoms with van der Waals surface area (Å²) in [5.41, 5.74) is 0.180. The van der Waals surface area contributed by atoms with Crippen LogP contribution in [0.25, 0.3) is 21.7 Å². The van der Waals surface area contributed by atoms with Crippen LogP contribution in [0.5, 0.6) is 0 Å². The number of thiophene rings is 1. The first-order valence-corrected chi connectivity index (χ1v) is 7.13. The lowest BCUT2D eigenvalue weighted by Crippen LogP contribution is -2.03. The summed E-state index contributed by atoms with van der Waals surface area (Å²) < 4.78 is 13.8. The number of fused-ring (bicyclic) bond motifs is 1. The van der Waals surface area contributed by atoms with E-state index in [1.165, 1.54) is 6.07 Å². The highest BCUT2D eigenvalue weighted by atomic mass is 32.1. The number of anilines is 1. The molecule has 0 aliphatic carbocycles. The molecule has 0 fully saturated rings. The van der Waals surface area contributed by atoms with Crippen molar-refractivity contribution >= 4 is 27.4 Å². The van der Waals surface area contributed by atoms with E-state index in [-0.39, 0.29) is 5.69 Å². The van der Waals surface area contributed by atoms with Crippen LogP contribution in [0.3, 0.4) is 0 Å². The Morgan fingerprint density at radius 1 is 1.35 bits per heavy atom. The van der Waals surface area contributed by atoms with Gasteiger partial charge in [0, 0.05) is 17.6 Å². The molecule has 0 amide bonds. The van der Waals surface area contributed by atoms with Crippen LogP contribution in [-0.2, 0) is 0 Å². The molecule has 4 nitrogen and oxygen atoms in total. The molecule has 3 aromatic heterocycles. The minimum atomic E-state index is -0.414. The summed E-state index contributed by atoms with van der Waals surface area (Å²) >= 11 is 1.57. The van der Waals surface area contributed by atoms with Crippen LogP contribution in [0.4, 0.5) is 10.2 Å². The minimum Gasteiger partial charge on any atom is -0.370 e. The third-order valence-electron chi connectivity index (χ3n) is 2.83. The van der Waals surface area contributed by atoms with E-state index in [2.05, 4.69) is 20.3 Å². The molecule has 6 heteroatoms. The molecule has 0 saturated carbocycles. The van der Waals surface area contributed by atoms with Crippen molar-refractivity contribution in [1.29, 1.82) is 0 Å². The molecule has 3 heterocycles. The molecule has 0 saturated heterocycles. The van der Waals surface area contributed by atoms with Gasteiger partial charge in [-0.05, 0) is 32.0 Å². The van der Waals surface area contributed by atoms with E-state index in [0.717, 1.165) is 27.5 Å². The Labute approximate surface area is 119 Å². The molecule has 0 aliphatic rings. The van der Waals surface area contributed by atoms with Gasteiger partial charge in [-0.3, -0.25) is 0 Å². The van der Waals surface area contributed by atoms with Gasteiger partial charge in [-0.1, -0.05) is 0 Å². The molecule has 0 aliphatic heterocycles. The van der Waals surface area contributed by atoms with Crippen LogP contribution >= 0.6 is 11.3 Å². The molecule has 0 radical (unpaired) electrons. The fraction of sp³-hybridized carbons (Fsp3) is 0.214. The predicted octanol–water partition coefficient (Wildman–Crippen LogP) is 3.63. The van der Waals surface area contributed by atoms with Gasteiger partial charge in [0.1, 0.15) is 16.3 Å². The van der Waals surface area contributed by atoms with E-state index in [1.807, 2.05) is 19.9 Å². The summed E-state index contributed by atoms with van der Waals surface area (Å²) in [5, 5.41) is 4.17. The zero-order chi connectivity index (χ0) is 14.1. The zero-order valence-electron chi connectivity index (χ0n) is 11.1. The van der Waals surface area contributed by atoms with E-state index in [9.17, 15) is 4.39 Å². The standard InChI is InChI=1S/C14H13FN4S/c1-3-16-12-9-7-8(2)20-14(9)19-13(18-12)11-10(15)5-4-6-17-11/h4-7H,3H2,1-2H3,(H,16,18,19). The molecule has 20 heavy (non-hydrogen) atoms. The van der Waals surface area contributed by atoms with Crippen molar-refractivity contribution in [2.24, 2.45) is 0 Å². The molecule has 0 aromatic carbocycles. The second-order valence-electron chi connectivity index (χ2n) is 4.34. The molecule has 3 rings (SSSR count). The maximum Gasteiger partial charge on any atom is 0.184 e. The van der Waals surface area contributed by atoms with E-state index >= 15 is 0 Å². The lowest BCUT2D eigenvalue weighted by Gasteiger charge is -2.07. The SMILES string of the molecule is CCNc1nc(-c2ncccc2F)nc2sc(C)cc12. The summed E-state index contributed by atoms with van der Waals surface area (Å²) in [6, 6.07) is 4.96. The summed E-state index contributed by atoms with van der Waals surface area (Å²) in [5.74, 6) is 0.623. The van der Waals surface area contributed by atoms with Gasteiger partial charge < -0.3 is 5.32 Å². The van der Waals surface area contributed by atoms with Crippen molar-refractivity contribution in [1.82, 2.24) is 15.0 Å². The number of aryl methyl sites for hydroxylation is 1. The van der Waals surface area contributed by atoms with Gasteiger partial charge in [0.25, 0.3) is 0 Å². The number of halogens is 1. The number of rotatable bonds is 3. The van der Waals surface area contributed by atoms with Gasteiger partial charge in [-0.15, -0.1) is 11.3 Å². The highest BCUT2D eigenvalue weighted by Gasteiger charge is 2.14. The lowest BCUT2D eigenvalue weighted by atomic mass is 10.3. The number of hydrogen-bond donors (Lipinski definition) is 1. The number of nitrogens with zero attached hydrogens (tertiary/aromatic N) is 3. The molecule has 1 N–H and O–H groups in total. The van der Waals surface area contributed by atoms with Crippen LogP contribution in [0.15, 0.2) is 24.4 Å². The van der Waals surface area contributed by atoms with Crippen molar-refractivity contribution in [3.8, 4) is 11.5 Å². The van der Waals surface area contributed by atoms with Gasteiger partial charge in [0.15, 0.2) is 11.6 Å². The van der Waals surface area contributed by atoms with E-state index in [0.29, 0.717) is 5.82 Å². The second-order valence-corrected chi connectivity index (χ2v) is 5.57. The predicted molar refractivity (Wildman–Crippen MR) is 79.5 cm³/mol. The van der Waals surface area contributed by atoms with Crippen LogP contribution < -0.4 is 5.32 Å². The molecular formula is C14H13FN4S. The Bertz CT molecular complexity index is 769. The Morgan fingerprint density at radius 3 is 2.95 bits per heavy atom. The molecule has 0 spiro atoms. The average Bonchev–Trinajstić information content (AvgIpc) is 2.80. The highest BCUT2D eigenvalue weighted by Crippen LogP contribution is 2.30. The largest absolute Gasteiger partial charge is 0.370 e. The van der Waals surface area contributed by atoms with Crippen molar-refractivity contribution in [2.75, 3.05) is 11.9 Å². The maximum absolute atomic E-state index is 13.8. The van der Waals surface area contributed by atoms with E-state index < -0.39 is 5.82 Å². The first kappa shape index (κ1) is 12.9. The van der Waals surface area contributed by atoms with Crippen LogP contribution in [0, 0.1) is 12.7 Å². The Kier molecular flexibility index (Phi) is 3.31. The van der Waals surface area contributed by atoms with Crippen LogP contribution in [-0.4, -0.2) is 21.5 Å². The molecule has 0 unspecified atom stereocenters. The minimum absolute atomic E-state index is 0.180.